The fraction of sp³-hybridized carbons (Fsp3) is 0.550. The molecule has 2 heterocycles. The van der Waals surface area contributed by atoms with Crippen molar-refractivity contribution in [3.05, 3.63) is 23.8 Å². The standard InChI is InChI=1S/C20H29N5O4/c1-4-21-19(22-6-8-25-18(26)12-23-20(25)27)24-7-5-14(13-24)15-9-16(28-2)11-17(10-15)29-3/h9-11,14H,4-8,12-13H2,1-3H3,(H,21,22)(H,23,27). The van der Waals surface area contributed by atoms with Crippen molar-refractivity contribution in [1.29, 1.82) is 0 Å². The van der Waals surface area contributed by atoms with Crippen molar-refractivity contribution in [1.82, 2.24) is 20.4 Å². The van der Waals surface area contributed by atoms with Crippen LogP contribution in [0.3, 0.4) is 0 Å². The van der Waals surface area contributed by atoms with Gasteiger partial charge in [-0.15, -0.1) is 0 Å². The molecule has 1 atom stereocenters. The van der Waals surface area contributed by atoms with Crippen molar-refractivity contribution in [3.63, 3.8) is 0 Å². The van der Waals surface area contributed by atoms with Gasteiger partial charge in [-0.3, -0.25) is 14.7 Å². The maximum Gasteiger partial charge on any atom is 0.324 e. The number of methoxy groups -OCH3 is 2. The van der Waals surface area contributed by atoms with Crippen molar-refractivity contribution < 1.29 is 19.1 Å². The number of amides is 3. The van der Waals surface area contributed by atoms with Gasteiger partial charge in [0, 0.05) is 31.6 Å². The summed E-state index contributed by atoms with van der Waals surface area (Å²) in [5.74, 6) is 2.51. The van der Waals surface area contributed by atoms with Crippen LogP contribution in [0.15, 0.2) is 23.2 Å². The van der Waals surface area contributed by atoms with Gasteiger partial charge in [0.05, 0.1) is 33.9 Å². The number of aliphatic imine (C=N–C) groups is 1. The molecule has 2 fully saturated rings. The van der Waals surface area contributed by atoms with Crippen LogP contribution in [-0.4, -0.2) is 81.2 Å². The molecule has 158 valence electrons. The Bertz CT molecular complexity index is 744. The van der Waals surface area contributed by atoms with Crippen LogP contribution in [0.2, 0.25) is 0 Å². The minimum Gasteiger partial charge on any atom is -0.497 e. The summed E-state index contributed by atoms with van der Waals surface area (Å²) in [5.41, 5.74) is 1.18. The van der Waals surface area contributed by atoms with Crippen molar-refractivity contribution in [2.45, 2.75) is 19.3 Å². The molecule has 0 bridgehead atoms. The van der Waals surface area contributed by atoms with Gasteiger partial charge in [-0.1, -0.05) is 0 Å². The molecule has 0 aliphatic carbocycles. The first-order valence-electron chi connectivity index (χ1n) is 9.90. The van der Waals surface area contributed by atoms with E-state index in [-0.39, 0.29) is 25.0 Å². The van der Waals surface area contributed by atoms with Crippen LogP contribution in [0.1, 0.15) is 24.8 Å². The Balaban J connectivity index is 1.65. The van der Waals surface area contributed by atoms with E-state index in [1.807, 2.05) is 13.0 Å². The van der Waals surface area contributed by atoms with Crippen molar-refractivity contribution >= 4 is 17.9 Å². The molecule has 0 saturated carbocycles. The lowest BCUT2D eigenvalue weighted by molar-refractivity contribution is -0.124. The lowest BCUT2D eigenvalue weighted by atomic mass is 9.98. The number of nitrogens with one attached hydrogen (secondary N) is 2. The average molecular weight is 403 g/mol. The summed E-state index contributed by atoms with van der Waals surface area (Å²) in [4.78, 5) is 31.4. The van der Waals surface area contributed by atoms with Gasteiger partial charge in [0.2, 0.25) is 5.91 Å². The highest BCUT2D eigenvalue weighted by atomic mass is 16.5. The number of urea groups is 1. The van der Waals surface area contributed by atoms with Crippen LogP contribution in [0, 0.1) is 0 Å². The van der Waals surface area contributed by atoms with Gasteiger partial charge >= 0.3 is 6.03 Å². The number of ether oxygens (including phenoxy) is 2. The zero-order chi connectivity index (χ0) is 20.8. The summed E-state index contributed by atoms with van der Waals surface area (Å²) in [6.45, 7) is 5.19. The molecule has 3 amide bonds. The van der Waals surface area contributed by atoms with E-state index in [0.717, 1.165) is 43.5 Å². The summed E-state index contributed by atoms with van der Waals surface area (Å²) >= 11 is 0. The summed E-state index contributed by atoms with van der Waals surface area (Å²) in [6, 6.07) is 5.64. The fourth-order valence-corrected chi connectivity index (χ4v) is 3.65. The molecule has 29 heavy (non-hydrogen) atoms. The number of guanidine groups is 1. The largest absolute Gasteiger partial charge is 0.497 e. The van der Waals surface area contributed by atoms with Gasteiger partial charge in [0.15, 0.2) is 5.96 Å². The van der Waals surface area contributed by atoms with Crippen molar-refractivity contribution in [2.75, 3.05) is 53.5 Å². The highest BCUT2D eigenvalue weighted by Gasteiger charge is 2.29. The van der Waals surface area contributed by atoms with E-state index in [1.54, 1.807) is 14.2 Å². The Morgan fingerprint density at radius 3 is 2.55 bits per heavy atom. The number of nitrogens with zero attached hydrogens (tertiary/aromatic N) is 3. The Kier molecular flexibility index (Phi) is 6.79. The number of carbonyl (C=O) groups excluding carboxylic acids is 2. The number of imide groups is 1. The molecule has 1 aromatic rings. The third-order valence-corrected chi connectivity index (χ3v) is 5.19. The second-order valence-electron chi connectivity index (χ2n) is 7.02. The van der Waals surface area contributed by atoms with Crippen LogP contribution in [0.5, 0.6) is 11.5 Å². The molecule has 0 aromatic heterocycles. The molecule has 2 N–H and O–H groups in total. The first-order valence-corrected chi connectivity index (χ1v) is 9.90. The maximum atomic E-state index is 11.7. The highest BCUT2D eigenvalue weighted by molar-refractivity contribution is 6.01. The van der Waals surface area contributed by atoms with E-state index in [0.29, 0.717) is 12.5 Å². The quantitative estimate of drug-likeness (QED) is 0.401. The number of rotatable bonds is 7. The van der Waals surface area contributed by atoms with Gasteiger partial charge in [-0.2, -0.15) is 0 Å². The minimum atomic E-state index is -0.344. The lowest BCUT2D eigenvalue weighted by Crippen LogP contribution is -2.41. The Hall–Kier alpha value is -2.97. The molecular weight excluding hydrogens is 374 g/mol. The molecular formula is C20H29N5O4. The van der Waals surface area contributed by atoms with E-state index in [1.165, 1.54) is 10.5 Å². The van der Waals surface area contributed by atoms with Crippen LogP contribution >= 0.6 is 0 Å². The minimum absolute atomic E-state index is 0.0699. The summed E-state index contributed by atoms with van der Waals surface area (Å²) < 4.78 is 10.8. The second kappa shape index (κ2) is 9.49. The van der Waals surface area contributed by atoms with Gasteiger partial charge in [-0.05, 0) is 31.0 Å². The summed E-state index contributed by atoms with van der Waals surface area (Å²) in [7, 11) is 3.31. The second-order valence-corrected chi connectivity index (χ2v) is 7.02. The van der Waals surface area contributed by atoms with Crippen LogP contribution in [0.4, 0.5) is 4.79 Å². The number of benzene rings is 1. The van der Waals surface area contributed by atoms with Gasteiger partial charge in [-0.25, -0.2) is 4.79 Å². The van der Waals surface area contributed by atoms with Crippen LogP contribution < -0.4 is 20.1 Å². The van der Waals surface area contributed by atoms with Gasteiger partial charge in [0.1, 0.15) is 11.5 Å². The summed E-state index contributed by atoms with van der Waals surface area (Å²) in [5, 5.41) is 5.83. The molecule has 2 aliphatic rings. The Morgan fingerprint density at radius 1 is 1.24 bits per heavy atom. The highest BCUT2D eigenvalue weighted by Crippen LogP contribution is 2.32. The van der Waals surface area contributed by atoms with E-state index < -0.39 is 0 Å². The molecule has 1 aromatic carbocycles. The fourth-order valence-electron chi connectivity index (χ4n) is 3.65. The lowest BCUT2D eigenvalue weighted by Gasteiger charge is -2.22. The van der Waals surface area contributed by atoms with Gasteiger partial charge < -0.3 is 25.0 Å². The van der Waals surface area contributed by atoms with E-state index in [2.05, 4.69) is 32.7 Å². The Labute approximate surface area is 171 Å². The predicted octanol–water partition coefficient (Wildman–Crippen LogP) is 1.01. The summed E-state index contributed by atoms with van der Waals surface area (Å²) in [6.07, 6.45) is 0.994. The third-order valence-electron chi connectivity index (χ3n) is 5.19. The normalized spacial score (nSPS) is 19.6. The molecule has 0 radical (unpaired) electrons. The number of likely N-dealkylation sites (tertiary alicyclic amines) is 1. The first kappa shape index (κ1) is 20.8. The SMILES string of the molecule is CCNC(=NCCN1C(=O)CNC1=O)N1CCC(c2cc(OC)cc(OC)c2)C1. The topological polar surface area (TPSA) is 95.5 Å². The van der Waals surface area contributed by atoms with Crippen LogP contribution in [0.25, 0.3) is 0 Å². The monoisotopic (exact) mass is 403 g/mol. The molecule has 2 saturated heterocycles. The zero-order valence-corrected chi connectivity index (χ0v) is 17.2. The van der Waals surface area contributed by atoms with Crippen molar-refractivity contribution in [2.24, 2.45) is 4.99 Å². The van der Waals surface area contributed by atoms with E-state index >= 15 is 0 Å². The average Bonchev–Trinajstić information content (AvgIpc) is 3.35. The number of hydrogen-bond donors (Lipinski definition) is 2. The molecule has 2 aliphatic heterocycles. The van der Waals surface area contributed by atoms with Crippen molar-refractivity contribution in [3.8, 4) is 11.5 Å². The van der Waals surface area contributed by atoms with Gasteiger partial charge in [0.25, 0.3) is 0 Å². The molecule has 9 nitrogen and oxygen atoms in total. The zero-order valence-electron chi connectivity index (χ0n) is 17.2. The first-order chi connectivity index (χ1) is 14.0. The Morgan fingerprint density at radius 2 is 1.97 bits per heavy atom. The number of carbonyl (C=O) groups is 2. The maximum absolute atomic E-state index is 11.7. The molecule has 9 heteroatoms. The molecule has 0 spiro atoms. The smallest absolute Gasteiger partial charge is 0.324 e. The number of hydrogen-bond acceptors (Lipinski definition) is 5. The molecule has 3 rings (SSSR count). The van der Waals surface area contributed by atoms with Crippen LogP contribution in [-0.2, 0) is 4.79 Å². The third kappa shape index (κ3) is 4.90. The predicted molar refractivity (Wildman–Crippen MR) is 110 cm³/mol. The van der Waals surface area contributed by atoms with E-state index in [4.69, 9.17) is 9.47 Å². The van der Waals surface area contributed by atoms with E-state index in [9.17, 15) is 9.59 Å². The molecule has 1 unspecified atom stereocenters.